The lowest BCUT2D eigenvalue weighted by Gasteiger charge is -2.21. The molecule has 1 aliphatic rings. The maximum Gasteiger partial charge on any atom is 0.244 e. The molecule has 1 aromatic heterocycles. The molecule has 4 nitrogen and oxygen atoms in total. The van der Waals surface area contributed by atoms with Gasteiger partial charge in [-0.25, -0.2) is 0 Å². The van der Waals surface area contributed by atoms with Gasteiger partial charge in [0, 0.05) is 27.3 Å². The molecule has 1 fully saturated rings. The fraction of sp³-hybridized carbons (Fsp3) is 0.286. The number of aromatic nitrogens is 1. The van der Waals surface area contributed by atoms with Crippen LogP contribution in [-0.4, -0.2) is 21.6 Å². The molecule has 0 radical (unpaired) electrons. The topological polar surface area (TPSA) is 51.1 Å². The first kappa shape index (κ1) is 21.8. The van der Waals surface area contributed by atoms with Crippen molar-refractivity contribution in [2.45, 2.75) is 49.2 Å². The predicted octanol–water partition coefficient (Wildman–Crippen LogP) is 7.13. The highest BCUT2D eigenvalue weighted by molar-refractivity contribution is 8.00. The van der Waals surface area contributed by atoms with E-state index in [1.807, 2.05) is 72.2 Å². The quantitative estimate of drug-likeness (QED) is 0.325. The summed E-state index contributed by atoms with van der Waals surface area (Å²) in [5, 5.41) is 4.98. The van der Waals surface area contributed by atoms with Gasteiger partial charge < -0.3 is 5.32 Å². The molecule has 4 aromatic rings. The van der Waals surface area contributed by atoms with E-state index in [9.17, 15) is 9.59 Å². The summed E-state index contributed by atoms with van der Waals surface area (Å²) in [6, 6.07) is 23.9. The minimum Gasteiger partial charge on any atom is -0.326 e. The first-order valence-corrected chi connectivity index (χ1v) is 12.6. The first-order chi connectivity index (χ1) is 16.1. The summed E-state index contributed by atoms with van der Waals surface area (Å²) in [4.78, 5) is 27.2. The lowest BCUT2D eigenvalue weighted by Crippen LogP contribution is -2.24. The van der Waals surface area contributed by atoms with Gasteiger partial charge in [0.1, 0.15) is 0 Å². The summed E-state index contributed by atoms with van der Waals surface area (Å²) in [5.74, 6) is 0.283. The summed E-state index contributed by atoms with van der Waals surface area (Å²) in [7, 11) is 0. The highest BCUT2D eigenvalue weighted by atomic mass is 32.2. The van der Waals surface area contributed by atoms with Crippen LogP contribution in [0.4, 0.5) is 5.69 Å². The molecule has 1 heterocycles. The molecule has 0 saturated heterocycles. The molecular formula is C28H28N2O2S. The van der Waals surface area contributed by atoms with Gasteiger partial charge in [-0.2, -0.15) is 0 Å². The second-order valence-electron chi connectivity index (χ2n) is 8.82. The van der Waals surface area contributed by atoms with Crippen LogP contribution in [0.15, 0.2) is 77.7 Å². The van der Waals surface area contributed by atoms with E-state index in [4.69, 9.17) is 0 Å². The van der Waals surface area contributed by atoms with Gasteiger partial charge in [0.2, 0.25) is 11.8 Å². The van der Waals surface area contributed by atoms with Crippen LogP contribution in [0.1, 0.15) is 43.8 Å². The minimum absolute atomic E-state index is 0.0500. The third-order valence-corrected chi connectivity index (χ3v) is 7.62. The normalized spacial score (nSPS) is 15.5. The zero-order chi connectivity index (χ0) is 22.8. The van der Waals surface area contributed by atoms with Crippen molar-refractivity contribution in [2.75, 3.05) is 5.32 Å². The van der Waals surface area contributed by atoms with Crippen molar-refractivity contribution in [3.63, 3.8) is 0 Å². The Bertz CT molecular complexity index is 1270. The number of anilines is 1. The van der Waals surface area contributed by atoms with E-state index in [0.29, 0.717) is 0 Å². The first-order valence-electron chi connectivity index (χ1n) is 11.7. The molecule has 1 saturated carbocycles. The third kappa shape index (κ3) is 4.42. The average molecular weight is 457 g/mol. The number of nitrogens with zero attached hydrogens (tertiary/aromatic N) is 1. The molecule has 5 rings (SSSR count). The van der Waals surface area contributed by atoms with Crippen LogP contribution in [0.25, 0.3) is 21.8 Å². The number of carbonyl (C=O) groups is 2. The lowest BCUT2D eigenvalue weighted by molar-refractivity contribution is -0.120. The van der Waals surface area contributed by atoms with Crippen molar-refractivity contribution in [3.8, 4) is 0 Å². The van der Waals surface area contributed by atoms with E-state index >= 15 is 0 Å². The molecular weight excluding hydrogens is 428 g/mol. The van der Waals surface area contributed by atoms with E-state index in [1.54, 1.807) is 0 Å². The zero-order valence-electron chi connectivity index (χ0n) is 18.8. The van der Waals surface area contributed by atoms with Gasteiger partial charge in [-0.15, -0.1) is 11.8 Å². The van der Waals surface area contributed by atoms with Gasteiger partial charge in [0.25, 0.3) is 0 Å². The van der Waals surface area contributed by atoms with Gasteiger partial charge in [0.05, 0.1) is 16.3 Å². The Hall–Kier alpha value is -3.05. The second kappa shape index (κ2) is 9.44. The van der Waals surface area contributed by atoms with E-state index in [0.717, 1.165) is 58.1 Å². The van der Waals surface area contributed by atoms with E-state index in [-0.39, 0.29) is 23.0 Å². The number of rotatable bonds is 5. The van der Waals surface area contributed by atoms with E-state index in [2.05, 4.69) is 17.4 Å². The molecule has 5 heteroatoms. The number of hydrogen-bond acceptors (Lipinski definition) is 3. The monoisotopic (exact) mass is 456 g/mol. The molecule has 1 amide bonds. The Morgan fingerprint density at radius 3 is 2.18 bits per heavy atom. The van der Waals surface area contributed by atoms with Crippen LogP contribution >= 0.6 is 11.8 Å². The number of hydrogen-bond donors (Lipinski definition) is 1. The highest BCUT2D eigenvalue weighted by Gasteiger charge is 2.23. The molecule has 33 heavy (non-hydrogen) atoms. The highest BCUT2D eigenvalue weighted by Crippen LogP contribution is 2.33. The number of thioether (sulfide) groups is 1. The average Bonchev–Trinajstić information content (AvgIpc) is 3.19. The summed E-state index contributed by atoms with van der Waals surface area (Å²) in [6.45, 7) is 1.95. The van der Waals surface area contributed by atoms with Crippen molar-refractivity contribution in [1.29, 1.82) is 0 Å². The smallest absolute Gasteiger partial charge is 0.244 e. The number of para-hydroxylation sites is 2. The molecule has 3 aromatic carbocycles. The van der Waals surface area contributed by atoms with Gasteiger partial charge in [-0.1, -0.05) is 61.7 Å². The molecule has 1 atom stereocenters. The zero-order valence-corrected chi connectivity index (χ0v) is 19.6. The SMILES string of the molecule is CC(Sc1cccc(NC(=O)C2CCCCC2)c1)C(=O)n1c2ccccc2c2ccccc21. The predicted molar refractivity (Wildman–Crippen MR) is 137 cm³/mol. The number of fused-ring (bicyclic) bond motifs is 3. The third-order valence-electron chi connectivity index (χ3n) is 6.54. The van der Waals surface area contributed by atoms with Gasteiger partial charge >= 0.3 is 0 Å². The summed E-state index contributed by atoms with van der Waals surface area (Å²) >= 11 is 1.52. The molecule has 1 aliphatic carbocycles. The summed E-state index contributed by atoms with van der Waals surface area (Å²) in [5.41, 5.74) is 2.67. The van der Waals surface area contributed by atoms with Crippen LogP contribution < -0.4 is 5.32 Å². The molecule has 1 unspecified atom stereocenters. The Labute approximate surface area is 198 Å². The maximum absolute atomic E-state index is 13.6. The number of carbonyl (C=O) groups excluding carboxylic acids is 2. The van der Waals surface area contributed by atoms with Crippen LogP contribution in [0.2, 0.25) is 0 Å². The van der Waals surface area contributed by atoms with Crippen LogP contribution in [-0.2, 0) is 4.79 Å². The van der Waals surface area contributed by atoms with Crippen molar-refractivity contribution in [3.05, 3.63) is 72.8 Å². The van der Waals surface area contributed by atoms with Crippen LogP contribution in [0, 0.1) is 5.92 Å². The van der Waals surface area contributed by atoms with Crippen LogP contribution in [0.5, 0.6) is 0 Å². The Morgan fingerprint density at radius 2 is 1.52 bits per heavy atom. The minimum atomic E-state index is -0.284. The standard InChI is InChI=1S/C28H28N2O2S/c1-19(28(32)30-25-16-7-5-14-23(25)24-15-6-8-17-26(24)30)33-22-13-9-12-21(18-22)29-27(31)20-10-3-2-4-11-20/h5-9,12-20H,2-4,10-11H2,1H3,(H,29,31). The summed E-state index contributed by atoms with van der Waals surface area (Å²) in [6.07, 6.45) is 5.45. The molecule has 0 aliphatic heterocycles. The molecule has 0 spiro atoms. The second-order valence-corrected chi connectivity index (χ2v) is 10.2. The van der Waals surface area contributed by atoms with Gasteiger partial charge in [0.15, 0.2) is 0 Å². The molecule has 0 bridgehead atoms. The van der Waals surface area contributed by atoms with Crippen molar-refractivity contribution < 1.29 is 9.59 Å². The Morgan fingerprint density at radius 1 is 0.879 bits per heavy atom. The summed E-state index contributed by atoms with van der Waals surface area (Å²) < 4.78 is 1.84. The Balaban J connectivity index is 1.36. The fourth-order valence-corrected chi connectivity index (χ4v) is 5.82. The van der Waals surface area contributed by atoms with Crippen LogP contribution in [0.3, 0.4) is 0 Å². The van der Waals surface area contributed by atoms with Crippen molar-refractivity contribution in [1.82, 2.24) is 4.57 Å². The number of nitrogens with one attached hydrogen (secondary N) is 1. The largest absolute Gasteiger partial charge is 0.326 e. The maximum atomic E-state index is 13.6. The number of benzene rings is 3. The molecule has 168 valence electrons. The van der Waals surface area contributed by atoms with E-state index in [1.165, 1.54) is 18.2 Å². The number of amides is 1. The van der Waals surface area contributed by atoms with Crippen molar-refractivity contribution in [2.24, 2.45) is 5.92 Å². The Kier molecular flexibility index (Phi) is 6.23. The molecule has 1 N–H and O–H groups in total. The lowest BCUT2D eigenvalue weighted by atomic mass is 9.88. The van der Waals surface area contributed by atoms with Gasteiger partial charge in [-0.05, 0) is 50.1 Å². The van der Waals surface area contributed by atoms with Crippen molar-refractivity contribution >= 4 is 51.1 Å². The fourth-order valence-electron chi connectivity index (χ4n) is 4.85. The van der Waals surface area contributed by atoms with E-state index < -0.39 is 0 Å². The van der Waals surface area contributed by atoms with Gasteiger partial charge in [-0.3, -0.25) is 14.2 Å².